The van der Waals surface area contributed by atoms with E-state index in [1.807, 2.05) is 18.2 Å². The first-order valence-electron chi connectivity index (χ1n) is 7.04. The van der Waals surface area contributed by atoms with Crippen molar-refractivity contribution in [1.29, 1.82) is 0 Å². The van der Waals surface area contributed by atoms with Gasteiger partial charge < -0.3 is 9.84 Å². The number of hydrogen-bond donors (Lipinski definition) is 1. The minimum atomic E-state index is -0.0152. The molecule has 0 fully saturated rings. The van der Waals surface area contributed by atoms with Crippen molar-refractivity contribution in [3.63, 3.8) is 0 Å². The lowest BCUT2D eigenvalue weighted by Crippen LogP contribution is -2.07. The molecule has 0 spiro atoms. The van der Waals surface area contributed by atoms with Crippen LogP contribution in [0.25, 0.3) is 0 Å². The lowest BCUT2D eigenvalue weighted by atomic mass is 9.95. The standard InChI is InChI=1S/C17H17Cl3O2/c18-13-3-6-15(7-4-13)22-9-1-2-12(11-21)16-8-5-14(19)10-17(16)20/h3-8,10,12,21H,1-2,9,11H2/t12-/m1/s1. The smallest absolute Gasteiger partial charge is 0.119 e. The van der Waals surface area contributed by atoms with Crippen molar-refractivity contribution in [2.24, 2.45) is 0 Å². The minimum absolute atomic E-state index is 0.0152. The molecule has 2 aromatic rings. The second-order valence-corrected chi connectivity index (χ2v) is 6.27. The van der Waals surface area contributed by atoms with Crippen molar-refractivity contribution < 1.29 is 9.84 Å². The summed E-state index contributed by atoms with van der Waals surface area (Å²) in [7, 11) is 0. The Kier molecular flexibility index (Phi) is 6.84. The zero-order chi connectivity index (χ0) is 15.9. The van der Waals surface area contributed by atoms with E-state index >= 15 is 0 Å². The van der Waals surface area contributed by atoms with Gasteiger partial charge in [-0.3, -0.25) is 0 Å². The van der Waals surface area contributed by atoms with Gasteiger partial charge in [0, 0.05) is 27.6 Å². The molecule has 2 nitrogen and oxygen atoms in total. The van der Waals surface area contributed by atoms with Gasteiger partial charge in [0.2, 0.25) is 0 Å². The number of benzene rings is 2. The Morgan fingerprint density at radius 1 is 0.955 bits per heavy atom. The van der Waals surface area contributed by atoms with Crippen LogP contribution in [-0.4, -0.2) is 18.3 Å². The normalized spacial score (nSPS) is 12.2. The van der Waals surface area contributed by atoms with Crippen LogP contribution in [0.15, 0.2) is 42.5 Å². The highest BCUT2D eigenvalue weighted by Crippen LogP contribution is 2.30. The summed E-state index contributed by atoms with van der Waals surface area (Å²) in [6, 6.07) is 12.6. The molecule has 0 aliphatic carbocycles. The molecule has 1 N–H and O–H groups in total. The predicted molar refractivity (Wildman–Crippen MR) is 92.5 cm³/mol. The molecule has 0 bridgehead atoms. The third-order valence-electron chi connectivity index (χ3n) is 3.40. The van der Waals surface area contributed by atoms with E-state index in [1.54, 1.807) is 24.3 Å². The van der Waals surface area contributed by atoms with E-state index in [9.17, 15) is 5.11 Å². The van der Waals surface area contributed by atoms with Crippen LogP contribution in [0, 0.1) is 0 Å². The molecule has 2 rings (SSSR count). The van der Waals surface area contributed by atoms with Crippen LogP contribution < -0.4 is 4.74 Å². The van der Waals surface area contributed by atoms with E-state index in [1.165, 1.54) is 0 Å². The van der Waals surface area contributed by atoms with Crippen molar-refractivity contribution in [3.8, 4) is 5.75 Å². The number of aliphatic hydroxyl groups is 1. The van der Waals surface area contributed by atoms with Crippen molar-refractivity contribution in [2.75, 3.05) is 13.2 Å². The molecule has 1 atom stereocenters. The summed E-state index contributed by atoms with van der Waals surface area (Å²) in [5.74, 6) is 0.771. The highest BCUT2D eigenvalue weighted by Gasteiger charge is 2.14. The zero-order valence-electron chi connectivity index (χ0n) is 11.9. The molecule has 0 heterocycles. The molecule has 0 saturated carbocycles. The molecular formula is C17H17Cl3O2. The van der Waals surface area contributed by atoms with E-state index in [0.717, 1.165) is 24.2 Å². The van der Waals surface area contributed by atoms with Crippen LogP contribution in [0.3, 0.4) is 0 Å². The van der Waals surface area contributed by atoms with E-state index in [4.69, 9.17) is 39.5 Å². The summed E-state index contributed by atoms with van der Waals surface area (Å²) in [4.78, 5) is 0. The van der Waals surface area contributed by atoms with Gasteiger partial charge in [-0.15, -0.1) is 0 Å². The predicted octanol–water partition coefficient (Wildman–Crippen LogP) is 5.58. The van der Waals surface area contributed by atoms with Gasteiger partial charge in [0.05, 0.1) is 6.61 Å². The van der Waals surface area contributed by atoms with Gasteiger partial charge in [-0.2, -0.15) is 0 Å². The van der Waals surface area contributed by atoms with Crippen molar-refractivity contribution >= 4 is 34.8 Å². The Balaban J connectivity index is 1.84. The molecule has 118 valence electrons. The number of aliphatic hydroxyl groups excluding tert-OH is 1. The van der Waals surface area contributed by atoms with Crippen LogP contribution in [-0.2, 0) is 0 Å². The molecule has 0 aromatic heterocycles. The van der Waals surface area contributed by atoms with Gasteiger partial charge in [0.15, 0.2) is 0 Å². The van der Waals surface area contributed by atoms with Gasteiger partial charge in [-0.05, 0) is 54.8 Å². The first kappa shape index (κ1) is 17.4. The van der Waals surface area contributed by atoms with E-state index in [2.05, 4.69) is 0 Å². The Hall–Kier alpha value is -0.930. The number of rotatable bonds is 7. The fourth-order valence-corrected chi connectivity index (χ4v) is 2.92. The van der Waals surface area contributed by atoms with Gasteiger partial charge in [0.1, 0.15) is 5.75 Å². The van der Waals surface area contributed by atoms with Gasteiger partial charge in [-0.1, -0.05) is 40.9 Å². The summed E-state index contributed by atoms with van der Waals surface area (Å²) in [6.45, 7) is 0.617. The molecule has 5 heteroatoms. The summed E-state index contributed by atoms with van der Waals surface area (Å²) in [6.07, 6.45) is 1.60. The topological polar surface area (TPSA) is 29.5 Å². The van der Waals surface area contributed by atoms with Gasteiger partial charge in [0.25, 0.3) is 0 Å². The fraction of sp³-hybridized carbons (Fsp3) is 0.294. The summed E-state index contributed by atoms with van der Waals surface area (Å²) in [5.41, 5.74) is 0.917. The molecule has 22 heavy (non-hydrogen) atoms. The average Bonchev–Trinajstić information content (AvgIpc) is 2.50. The Labute approximate surface area is 145 Å². The average molecular weight is 360 g/mol. The van der Waals surface area contributed by atoms with Crippen LogP contribution in [0.1, 0.15) is 24.3 Å². The first-order valence-corrected chi connectivity index (χ1v) is 8.17. The maximum atomic E-state index is 9.57. The quantitative estimate of drug-likeness (QED) is 0.654. The van der Waals surface area contributed by atoms with Crippen LogP contribution >= 0.6 is 34.8 Å². The van der Waals surface area contributed by atoms with E-state index in [0.29, 0.717) is 21.7 Å². The third kappa shape index (κ3) is 5.06. The molecule has 0 saturated heterocycles. The van der Waals surface area contributed by atoms with Gasteiger partial charge in [-0.25, -0.2) is 0 Å². The molecular weight excluding hydrogens is 343 g/mol. The minimum Gasteiger partial charge on any atom is -0.494 e. The summed E-state index contributed by atoms with van der Waals surface area (Å²) in [5, 5.41) is 11.4. The Morgan fingerprint density at radius 3 is 2.27 bits per heavy atom. The highest BCUT2D eigenvalue weighted by atomic mass is 35.5. The lowest BCUT2D eigenvalue weighted by Gasteiger charge is -2.16. The largest absolute Gasteiger partial charge is 0.494 e. The van der Waals surface area contributed by atoms with Gasteiger partial charge >= 0.3 is 0 Å². The van der Waals surface area contributed by atoms with Crippen molar-refractivity contribution in [2.45, 2.75) is 18.8 Å². The van der Waals surface area contributed by atoms with Crippen LogP contribution in [0.5, 0.6) is 5.75 Å². The Morgan fingerprint density at radius 2 is 1.64 bits per heavy atom. The van der Waals surface area contributed by atoms with Crippen molar-refractivity contribution in [3.05, 3.63) is 63.1 Å². The second kappa shape index (κ2) is 8.64. The second-order valence-electron chi connectivity index (χ2n) is 4.99. The molecule has 0 radical (unpaired) electrons. The number of halogens is 3. The lowest BCUT2D eigenvalue weighted by molar-refractivity contribution is 0.243. The molecule has 0 amide bonds. The van der Waals surface area contributed by atoms with E-state index < -0.39 is 0 Å². The third-order valence-corrected chi connectivity index (χ3v) is 4.22. The van der Waals surface area contributed by atoms with E-state index in [-0.39, 0.29) is 12.5 Å². The number of ether oxygens (including phenoxy) is 1. The highest BCUT2D eigenvalue weighted by molar-refractivity contribution is 6.35. The zero-order valence-corrected chi connectivity index (χ0v) is 14.2. The SMILES string of the molecule is OC[C@@H](CCCOc1ccc(Cl)cc1)c1ccc(Cl)cc1Cl. The molecule has 0 unspecified atom stereocenters. The monoisotopic (exact) mass is 358 g/mol. The van der Waals surface area contributed by atoms with Crippen LogP contribution in [0.4, 0.5) is 0 Å². The fourth-order valence-electron chi connectivity index (χ4n) is 2.23. The maximum absolute atomic E-state index is 9.57. The number of hydrogen-bond acceptors (Lipinski definition) is 2. The first-order chi connectivity index (χ1) is 10.6. The Bertz CT molecular complexity index is 599. The van der Waals surface area contributed by atoms with Crippen molar-refractivity contribution in [1.82, 2.24) is 0 Å². The maximum Gasteiger partial charge on any atom is 0.119 e. The molecule has 0 aliphatic rings. The van der Waals surface area contributed by atoms with Crippen LogP contribution in [0.2, 0.25) is 15.1 Å². The molecule has 0 aliphatic heterocycles. The summed E-state index contributed by atoms with van der Waals surface area (Å²) < 4.78 is 5.65. The summed E-state index contributed by atoms with van der Waals surface area (Å²) >= 11 is 17.9. The molecule has 2 aromatic carbocycles.